The zero-order valence-electron chi connectivity index (χ0n) is 14.3. The number of rotatable bonds is 10. The van der Waals surface area contributed by atoms with Crippen LogP contribution in [0, 0.1) is 5.92 Å². The molecule has 0 saturated heterocycles. The van der Waals surface area contributed by atoms with Gasteiger partial charge in [-0.05, 0) is 19.3 Å². The Morgan fingerprint density at radius 3 is 2.27 bits per heavy atom. The summed E-state index contributed by atoms with van der Waals surface area (Å²) in [4.78, 5) is 11.4. The molecular weight excluding hydrogens is 288 g/mol. The molecular formula is C15H32N2O5. The van der Waals surface area contributed by atoms with Gasteiger partial charge >= 0.3 is 6.09 Å². The summed E-state index contributed by atoms with van der Waals surface area (Å²) in [5.74, 6) is -2.02. The van der Waals surface area contributed by atoms with Gasteiger partial charge in [0.2, 0.25) is 0 Å². The summed E-state index contributed by atoms with van der Waals surface area (Å²) in [6.45, 7) is 7.02. The molecule has 0 aliphatic carbocycles. The normalized spacial score (nSPS) is 16.2. The predicted octanol–water partition coefficient (Wildman–Crippen LogP) is 0.925. The van der Waals surface area contributed by atoms with Crippen LogP contribution in [0.5, 0.6) is 0 Å². The first-order valence-electron chi connectivity index (χ1n) is 7.86. The van der Waals surface area contributed by atoms with Crippen LogP contribution in [0.2, 0.25) is 0 Å². The molecule has 3 unspecified atom stereocenters. The van der Waals surface area contributed by atoms with Gasteiger partial charge in [-0.25, -0.2) is 4.79 Å². The summed E-state index contributed by atoms with van der Waals surface area (Å²) >= 11 is 0. The third-order valence-corrected chi connectivity index (χ3v) is 3.66. The Labute approximate surface area is 133 Å². The third kappa shape index (κ3) is 7.93. The zero-order chi connectivity index (χ0) is 17.3. The van der Waals surface area contributed by atoms with Gasteiger partial charge in [0.1, 0.15) is 6.23 Å². The minimum absolute atomic E-state index is 0.0680. The molecule has 0 aromatic rings. The van der Waals surface area contributed by atoms with Crippen molar-refractivity contribution in [3.05, 3.63) is 0 Å². The van der Waals surface area contributed by atoms with Crippen LogP contribution in [0.25, 0.3) is 0 Å². The van der Waals surface area contributed by atoms with E-state index < -0.39 is 30.2 Å². The number of methoxy groups -OCH3 is 1. The van der Waals surface area contributed by atoms with E-state index in [1.165, 1.54) is 14.0 Å². The Balaban J connectivity index is 4.80. The first-order chi connectivity index (χ1) is 10.1. The summed E-state index contributed by atoms with van der Waals surface area (Å²) in [5, 5.41) is 35.4. The molecule has 0 spiro atoms. The number of aliphatic hydroxyl groups is 3. The lowest BCUT2D eigenvalue weighted by Gasteiger charge is -2.35. The molecule has 7 nitrogen and oxygen atoms in total. The van der Waals surface area contributed by atoms with Crippen LogP contribution in [-0.2, 0) is 4.74 Å². The maximum atomic E-state index is 11.4. The Morgan fingerprint density at radius 2 is 1.86 bits per heavy atom. The lowest BCUT2D eigenvalue weighted by molar-refractivity contribution is -0.177. The quantitative estimate of drug-likeness (QED) is 0.302. The fourth-order valence-corrected chi connectivity index (χ4v) is 2.23. The van der Waals surface area contributed by atoms with E-state index in [0.29, 0.717) is 6.42 Å². The van der Waals surface area contributed by atoms with Crippen molar-refractivity contribution < 1.29 is 24.9 Å². The fourth-order valence-electron chi connectivity index (χ4n) is 2.23. The van der Waals surface area contributed by atoms with Gasteiger partial charge < -0.3 is 25.4 Å². The maximum Gasteiger partial charge on any atom is 0.407 e. The molecule has 0 rings (SSSR count). The average Bonchev–Trinajstić information content (AvgIpc) is 2.41. The predicted molar refractivity (Wildman–Crippen MR) is 84.1 cm³/mol. The van der Waals surface area contributed by atoms with Gasteiger partial charge in [-0.1, -0.05) is 40.0 Å². The molecule has 0 aromatic heterocycles. The van der Waals surface area contributed by atoms with Crippen LogP contribution in [0.1, 0.15) is 53.4 Å². The highest BCUT2D eigenvalue weighted by atomic mass is 16.5. The number of unbranched alkanes of at least 4 members (excludes halogenated alkanes) is 2. The highest BCUT2D eigenvalue weighted by Gasteiger charge is 2.33. The molecule has 0 fully saturated rings. The largest absolute Gasteiger partial charge is 0.453 e. The van der Waals surface area contributed by atoms with Gasteiger partial charge in [0.25, 0.3) is 0 Å². The van der Waals surface area contributed by atoms with Gasteiger partial charge in [-0.3, -0.25) is 5.32 Å². The standard InChI is InChI=1S/C15H32N2O5/c1-6-7-8-9-11(15(4,20)21)16-13(18)12(10(2)3)17-14(19)22-5/h10-13,16,18,20-21H,6-9H2,1-5H3,(H,17,19). The van der Waals surface area contributed by atoms with Crippen molar-refractivity contribution >= 4 is 6.09 Å². The van der Waals surface area contributed by atoms with Gasteiger partial charge in [0.05, 0.1) is 19.2 Å². The van der Waals surface area contributed by atoms with Crippen molar-refractivity contribution in [2.75, 3.05) is 7.11 Å². The minimum Gasteiger partial charge on any atom is -0.453 e. The van der Waals surface area contributed by atoms with E-state index >= 15 is 0 Å². The highest BCUT2D eigenvalue weighted by molar-refractivity contribution is 5.67. The van der Waals surface area contributed by atoms with Crippen LogP contribution in [0.3, 0.4) is 0 Å². The van der Waals surface area contributed by atoms with E-state index in [1.54, 1.807) is 0 Å². The lowest BCUT2D eigenvalue weighted by Crippen LogP contribution is -2.59. The molecule has 22 heavy (non-hydrogen) atoms. The molecule has 0 heterocycles. The van der Waals surface area contributed by atoms with Crippen LogP contribution in [0.15, 0.2) is 0 Å². The summed E-state index contributed by atoms with van der Waals surface area (Å²) in [6.07, 6.45) is 1.55. The van der Waals surface area contributed by atoms with Crippen LogP contribution in [-0.4, -0.2) is 52.6 Å². The Hall–Kier alpha value is -0.890. The molecule has 0 bridgehead atoms. The number of carbonyl (C=O) groups excluding carboxylic acids is 1. The van der Waals surface area contributed by atoms with E-state index in [1.807, 2.05) is 13.8 Å². The average molecular weight is 320 g/mol. The van der Waals surface area contributed by atoms with Gasteiger partial charge in [-0.15, -0.1) is 0 Å². The molecule has 0 aliphatic heterocycles. The number of aliphatic hydroxyl groups excluding tert-OH is 1. The zero-order valence-corrected chi connectivity index (χ0v) is 14.3. The Morgan fingerprint density at radius 1 is 1.27 bits per heavy atom. The SMILES string of the molecule is CCCCCC(NC(O)C(NC(=O)OC)C(C)C)C(C)(O)O. The second-order valence-electron chi connectivity index (χ2n) is 6.16. The van der Waals surface area contributed by atoms with Crippen LogP contribution >= 0.6 is 0 Å². The van der Waals surface area contributed by atoms with Gasteiger partial charge in [0.15, 0.2) is 5.79 Å². The molecule has 0 radical (unpaired) electrons. The minimum atomic E-state index is -1.96. The van der Waals surface area contributed by atoms with Crippen molar-refractivity contribution in [1.82, 2.24) is 10.6 Å². The van der Waals surface area contributed by atoms with Crippen molar-refractivity contribution in [1.29, 1.82) is 0 Å². The summed E-state index contributed by atoms with van der Waals surface area (Å²) < 4.78 is 4.55. The Bertz CT molecular complexity index is 318. The highest BCUT2D eigenvalue weighted by Crippen LogP contribution is 2.16. The van der Waals surface area contributed by atoms with E-state index in [-0.39, 0.29) is 5.92 Å². The molecule has 1 amide bonds. The van der Waals surface area contributed by atoms with Crippen molar-refractivity contribution in [3.8, 4) is 0 Å². The second kappa shape index (κ2) is 9.99. The van der Waals surface area contributed by atoms with Crippen LogP contribution < -0.4 is 10.6 Å². The third-order valence-electron chi connectivity index (χ3n) is 3.66. The fraction of sp³-hybridized carbons (Fsp3) is 0.933. The first kappa shape index (κ1) is 21.1. The number of nitrogens with one attached hydrogen (secondary N) is 2. The first-order valence-corrected chi connectivity index (χ1v) is 7.86. The molecule has 0 aromatic carbocycles. The smallest absolute Gasteiger partial charge is 0.407 e. The van der Waals surface area contributed by atoms with E-state index in [4.69, 9.17) is 0 Å². The monoisotopic (exact) mass is 320 g/mol. The van der Waals surface area contributed by atoms with Crippen molar-refractivity contribution in [2.24, 2.45) is 5.92 Å². The molecule has 5 N–H and O–H groups in total. The van der Waals surface area contributed by atoms with Crippen molar-refractivity contribution in [3.63, 3.8) is 0 Å². The summed E-state index contributed by atoms with van der Waals surface area (Å²) in [7, 11) is 1.25. The van der Waals surface area contributed by atoms with Crippen molar-refractivity contribution in [2.45, 2.75) is 77.5 Å². The van der Waals surface area contributed by atoms with E-state index in [0.717, 1.165) is 19.3 Å². The number of ether oxygens (including phenoxy) is 1. The van der Waals surface area contributed by atoms with E-state index in [2.05, 4.69) is 22.3 Å². The molecule has 0 aliphatic rings. The lowest BCUT2D eigenvalue weighted by atomic mass is 9.98. The van der Waals surface area contributed by atoms with Gasteiger partial charge in [0, 0.05) is 0 Å². The maximum absolute atomic E-state index is 11.4. The summed E-state index contributed by atoms with van der Waals surface area (Å²) in [5.41, 5.74) is 0. The topological polar surface area (TPSA) is 111 Å². The molecule has 3 atom stereocenters. The van der Waals surface area contributed by atoms with Gasteiger partial charge in [-0.2, -0.15) is 0 Å². The number of amides is 1. The van der Waals surface area contributed by atoms with E-state index in [9.17, 15) is 20.1 Å². The number of alkyl carbamates (subject to hydrolysis) is 1. The number of hydrogen-bond donors (Lipinski definition) is 5. The molecule has 0 saturated carbocycles. The number of carbonyl (C=O) groups is 1. The van der Waals surface area contributed by atoms with Crippen LogP contribution in [0.4, 0.5) is 4.79 Å². The number of hydrogen-bond acceptors (Lipinski definition) is 6. The molecule has 132 valence electrons. The summed E-state index contributed by atoms with van der Waals surface area (Å²) in [6, 6.07) is -1.31. The Kier molecular flexibility index (Phi) is 9.59. The molecule has 7 heteroatoms. The second-order valence-corrected chi connectivity index (χ2v) is 6.16.